The van der Waals surface area contributed by atoms with Crippen molar-refractivity contribution < 1.29 is 18.3 Å². The van der Waals surface area contributed by atoms with E-state index in [1.807, 2.05) is 12.1 Å². The number of benzene rings is 2. The van der Waals surface area contributed by atoms with Gasteiger partial charge in [-0.25, -0.2) is 8.78 Å². The van der Waals surface area contributed by atoms with Crippen molar-refractivity contribution in [2.45, 2.75) is 25.9 Å². The molecule has 0 amide bonds. The molecule has 2 aromatic carbocycles. The number of halogens is 2. The quantitative estimate of drug-likeness (QED) is 0.699. The van der Waals surface area contributed by atoms with Crippen LogP contribution in [0.2, 0.25) is 0 Å². The van der Waals surface area contributed by atoms with E-state index < -0.39 is 11.6 Å². The molecule has 0 fully saturated rings. The average molecular weight is 346 g/mol. The fraction of sp³-hybridized carbons (Fsp3) is 0.316. The maximum Gasteiger partial charge on any atom is 0.161 e. The van der Waals surface area contributed by atoms with E-state index in [1.54, 1.807) is 13.2 Å². The number of ether oxygens (including phenoxy) is 2. The van der Waals surface area contributed by atoms with Crippen LogP contribution >= 0.6 is 0 Å². The summed E-state index contributed by atoms with van der Waals surface area (Å²) < 4.78 is 37.7. The van der Waals surface area contributed by atoms with Crippen molar-refractivity contribution in [3.63, 3.8) is 0 Å². The van der Waals surface area contributed by atoms with E-state index in [1.165, 1.54) is 6.07 Å². The molecular weight excluding hydrogens is 326 g/mol. The van der Waals surface area contributed by atoms with Crippen LogP contribution in [0.25, 0.3) is 0 Å². The summed E-state index contributed by atoms with van der Waals surface area (Å²) in [5.41, 5.74) is 1.20. The summed E-state index contributed by atoms with van der Waals surface area (Å²) in [5, 5.41) is 11.6. The lowest BCUT2D eigenvalue weighted by atomic mass is 10.1. The monoisotopic (exact) mass is 346 g/mol. The van der Waals surface area contributed by atoms with Crippen LogP contribution in [0.4, 0.5) is 8.78 Å². The fourth-order valence-electron chi connectivity index (χ4n) is 2.30. The Bertz CT molecular complexity index is 745. The molecule has 0 atom stereocenters. The van der Waals surface area contributed by atoms with E-state index in [0.29, 0.717) is 37.5 Å². The molecular formula is C19H20F2N2O2. The average Bonchev–Trinajstić information content (AvgIpc) is 2.62. The maximum atomic E-state index is 13.6. The molecule has 1 N–H and O–H groups in total. The van der Waals surface area contributed by atoms with Gasteiger partial charge in [0.15, 0.2) is 11.5 Å². The molecule has 0 radical (unpaired) electrons. The summed E-state index contributed by atoms with van der Waals surface area (Å²) in [6.45, 7) is 1.11. The second kappa shape index (κ2) is 9.60. The van der Waals surface area contributed by atoms with Crippen LogP contribution in [0.5, 0.6) is 11.5 Å². The van der Waals surface area contributed by atoms with Gasteiger partial charge in [-0.15, -0.1) is 0 Å². The van der Waals surface area contributed by atoms with Gasteiger partial charge in [0, 0.05) is 25.1 Å². The lowest BCUT2D eigenvalue weighted by molar-refractivity contribution is 0.290. The Morgan fingerprint density at radius 3 is 2.68 bits per heavy atom. The van der Waals surface area contributed by atoms with E-state index in [0.717, 1.165) is 17.7 Å². The fourth-order valence-corrected chi connectivity index (χ4v) is 2.30. The summed E-state index contributed by atoms with van der Waals surface area (Å²) in [6.07, 6.45) is 1.07. The minimum absolute atomic E-state index is 0.216. The molecule has 0 aliphatic rings. The summed E-state index contributed by atoms with van der Waals surface area (Å²) in [4.78, 5) is 0. The van der Waals surface area contributed by atoms with Gasteiger partial charge in [0.05, 0.1) is 19.8 Å². The summed E-state index contributed by atoms with van der Waals surface area (Å²) >= 11 is 0. The SMILES string of the molecule is COc1ccc(CNCc2cc(F)ccc2F)cc1OCCCC#N. The lowest BCUT2D eigenvalue weighted by Crippen LogP contribution is -2.14. The van der Waals surface area contributed by atoms with Crippen molar-refractivity contribution in [1.82, 2.24) is 5.32 Å². The zero-order valence-corrected chi connectivity index (χ0v) is 14.0. The highest BCUT2D eigenvalue weighted by molar-refractivity contribution is 5.43. The second-order valence-corrected chi connectivity index (χ2v) is 5.43. The van der Waals surface area contributed by atoms with E-state index in [9.17, 15) is 8.78 Å². The number of methoxy groups -OCH3 is 1. The largest absolute Gasteiger partial charge is 0.493 e. The molecule has 0 heterocycles. The van der Waals surface area contributed by atoms with Gasteiger partial charge in [0.1, 0.15) is 11.6 Å². The predicted octanol–water partition coefficient (Wildman–Crippen LogP) is 3.95. The Hall–Kier alpha value is -2.65. The normalized spacial score (nSPS) is 10.3. The third kappa shape index (κ3) is 5.73. The highest BCUT2D eigenvalue weighted by atomic mass is 19.1. The van der Waals surface area contributed by atoms with Gasteiger partial charge in [-0.2, -0.15) is 5.26 Å². The van der Waals surface area contributed by atoms with Gasteiger partial charge in [-0.3, -0.25) is 0 Å². The highest BCUT2D eigenvalue weighted by Gasteiger charge is 2.07. The van der Waals surface area contributed by atoms with E-state index in [-0.39, 0.29) is 12.1 Å². The van der Waals surface area contributed by atoms with Gasteiger partial charge in [-0.1, -0.05) is 6.07 Å². The highest BCUT2D eigenvalue weighted by Crippen LogP contribution is 2.28. The first-order valence-electron chi connectivity index (χ1n) is 7.95. The van der Waals surface area contributed by atoms with Crippen LogP contribution in [0, 0.1) is 23.0 Å². The number of nitriles is 1. The number of nitrogens with one attached hydrogen (secondary N) is 1. The van der Waals surface area contributed by atoms with Gasteiger partial charge in [0.25, 0.3) is 0 Å². The maximum absolute atomic E-state index is 13.6. The third-order valence-electron chi connectivity index (χ3n) is 3.57. The number of nitrogens with zero attached hydrogens (tertiary/aromatic N) is 1. The molecule has 0 aliphatic carbocycles. The molecule has 0 aromatic heterocycles. The van der Waals surface area contributed by atoms with E-state index >= 15 is 0 Å². The van der Waals surface area contributed by atoms with E-state index in [2.05, 4.69) is 11.4 Å². The second-order valence-electron chi connectivity index (χ2n) is 5.43. The molecule has 0 bridgehead atoms. The number of unbranched alkanes of at least 4 members (excludes halogenated alkanes) is 1. The van der Waals surface area contributed by atoms with Crippen LogP contribution in [-0.4, -0.2) is 13.7 Å². The Kier molecular flexibility index (Phi) is 7.17. The van der Waals surface area contributed by atoms with Crippen molar-refractivity contribution in [2.75, 3.05) is 13.7 Å². The summed E-state index contributed by atoms with van der Waals surface area (Å²) in [6, 6.07) is 11.0. The zero-order valence-electron chi connectivity index (χ0n) is 14.0. The van der Waals surface area contributed by atoms with Crippen molar-refractivity contribution in [2.24, 2.45) is 0 Å². The van der Waals surface area contributed by atoms with Gasteiger partial charge in [0.2, 0.25) is 0 Å². The molecule has 25 heavy (non-hydrogen) atoms. The van der Waals surface area contributed by atoms with Gasteiger partial charge in [-0.05, 0) is 42.3 Å². The smallest absolute Gasteiger partial charge is 0.161 e. The standard InChI is InChI=1S/C19H20F2N2O2/c1-24-18-7-4-14(10-19(18)25-9-3-2-8-22)12-23-13-15-11-16(20)5-6-17(15)21/h4-7,10-11,23H,2-3,9,12-13H2,1H3. The summed E-state index contributed by atoms with van der Waals surface area (Å²) in [5.74, 6) is 0.300. The van der Waals surface area contributed by atoms with E-state index in [4.69, 9.17) is 14.7 Å². The molecule has 0 unspecified atom stereocenters. The first kappa shape index (κ1) is 18.7. The topological polar surface area (TPSA) is 54.3 Å². The first-order valence-corrected chi connectivity index (χ1v) is 7.95. The third-order valence-corrected chi connectivity index (χ3v) is 3.57. The molecule has 2 aromatic rings. The molecule has 0 saturated heterocycles. The van der Waals surface area contributed by atoms with Crippen LogP contribution in [0.1, 0.15) is 24.0 Å². The van der Waals surface area contributed by atoms with Crippen LogP contribution in [-0.2, 0) is 13.1 Å². The molecule has 0 aliphatic heterocycles. The molecule has 4 nitrogen and oxygen atoms in total. The molecule has 2 rings (SSSR count). The van der Waals surface area contributed by atoms with Crippen LogP contribution < -0.4 is 14.8 Å². The molecule has 132 valence electrons. The molecule has 0 spiro atoms. The van der Waals surface area contributed by atoms with Crippen LogP contribution in [0.15, 0.2) is 36.4 Å². The number of hydrogen-bond donors (Lipinski definition) is 1. The van der Waals surface area contributed by atoms with Crippen molar-refractivity contribution in [1.29, 1.82) is 5.26 Å². The van der Waals surface area contributed by atoms with Crippen LogP contribution in [0.3, 0.4) is 0 Å². The minimum Gasteiger partial charge on any atom is -0.493 e. The van der Waals surface area contributed by atoms with Crippen molar-refractivity contribution in [3.05, 3.63) is 59.2 Å². The van der Waals surface area contributed by atoms with Gasteiger partial charge >= 0.3 is 0 Å². The Morgan fingerprint density at radius 2 is 1.92 bits per heavy atom. The molecule has 0 saturated carbocycles. The molecule has 6 heteroatoms. The Balaban J connectivity index is 1.95. The first-order chi connectivity index (χ1) is 12.1. The lowest BCUT2D eigenvalue weighted by Gasteiger charge is -2.12. The Morgan fingerprint density at radius 1 is 1.08 bits per heavy atom. The van der Waals surface area contributed by atoms with Crippen molar-refractivity contribution in [3.8, 4) is 17.6 Å². The zero-order chi connectivity index (χ0) is 18.1. The minimum atomic E-state index is -0.462. The number of rotatable bonds is 9. The Labute approximate surface area is 146 Å². The van der Waals surface area contributed by atoms with Gasteiger partial charge < -0.3 is 14.8 Å². The number of hydrogen-bond acceptors (Lipinski definition) is 4. The van der Waals surface area contributed by atoms with Crippen molar-refractivity contribution >= 4 is 0 Å². The predicted molar refractivity (Wildman–Crippen MR) is 90.2 cm³/mol. The summed E-state index contributed by atoms with van der Waals surface area (Å²) in [7, 11) is 1.56.